The molecule has 3 saturated heterocycles. The Labute approximate surface area is 266 Å². The third-order valence-electron chi connectivity index (χ3n) is 8.44. The lowest BCUT2D eigenvalue weighted by atomic mass is 9.91. The molecule has 0 aliphatic carbocycles. The number of hydrogen-bond donors (Lipinski definition) is 2. The van der Waals surface area contributed by atoms with Crippen LogP contribution in [0.5, 0.6) is 17.2 Å². The monoisotopic (exact) mass is 638 g/mol. The maximum absolute atomic E-state index is 11.7. The number of rotatable bonds is 7. The molecule has 12 heteroatoms. The normalized spacial score (nSPS) is 24.4. The minimum atomic E-state index is -0.616. The fourth-order valence-corrected chi connectivity index (χ4v) is 6.64. The van der Waals surface area contributed by atoms with Gasteiger partial charge in [0, 0.05) is 56.9 Å². The summed E-state index contributed by atoms with van der Waals surface area (Å²) in [5.74, 6) is 1.64. The van der Waals surface area contributed by atoms with Crippen molar-refractivity contribution in [2.75, 3.05) is 40.0 Å². The van der Waals surface area contributed by atoms with Gasteiger partial charge in [-0.25, -0.2) is 0 Å². The number of ether oxygens (including phenoxy) is 3. The van der Waals surface area contributed by atoms with E-state index >= 15 is 0 Å². The van der Waals surface area contributed by atoms with Gasteiger partial charge in [0.05, 0.1) is 0 Å². The van der Waals surface area contributed by atoms with Gasteiger partial charge < -0.3 is 19.1 Å². The summed E-state index contributed by atoms with van der Waals surface area (Å²) in [6, 6.07) is 13.7. The molecule has 0 radical (unpaired) electrons. The number of hydrogen-bond acceptors (Lipinski definition) is 9. The van der Waals surface area contributed by atoms with Gasteiger partial charge in [-0.05, 0) is 69.2 Å². The molecule has 4 heterocycles. The molecule has 4 unspecified atom stereocenters. The lowest BCUT2D eigenvalue weighted by Gasteiger charge is -2.29. The zero-order chi connectivity index (χ0) is 31.8. The van der Waals surface area contributed by atoms with E-state index in [1.165, 1.54) is 24.9 Å². The number of carbonyl (C=O) groups excluding carboxylic acids is 4. The number of piperidine rings is 3. The van der Waals surface area contributed by atoms with Crippen molar-refractivity contribution in [1.82, 2.24) is 20.2 Å². The Hall–Kier alpha value is -3.53. The maximum atomic E-state index is 11.7. The van der Waals surface area contributed by atoms with Crippen LogP contribution in [0.3, 0.4) is 0 Å². The molecule has 0 bridgehead atoms. The van der Waals surface area contributed by atoms with E-state index in [4.69, 9.17) is 14.2 Å². The molecule has 0 saturated carbocycles. The fraction of sp³-hybridized carbons (Fsp3) is 0.515. The molecule has 0 spiro atoms. The Bertz CT molecular complexity index is 1370. The van der Waals surface area contributed by atoms with Crippen molar-refractivity contribution in [3.05, 3.63) is 53.6 Å². The van der Waals surface area contributed by atoms with Crippen molar-refractivity contribution in [2.24, 2.45) is 5.92 Å². The lowest BCUT2D eigenvalue weighted by molar-refractivity contribution is -0.140. The van der Waals surface area contributed by atoms with Gasteiger partial charge >= 0.3 is 0 Å². The molecule has 242 valence electrons. The number of amides is 4. The van der Waals surface area contributed by atoms with Gasteiger partial charge in [0.1, 0.15) is 23.9 Å². The Kier molecular flexibility index (Phi) is 11.4. The highest BCUT2D eigenvalue weighted by Gasteiger charge is 2.29. The van der Waals surface area contributed by atoms with Crippen LogP contribution in [-0.4, -0.2) is 85.4 Å². The molecule has 4 aliphatic heterocycles. The van der Waals surface area contributed by atoms with Crippen LogP contribution < -0.4 is 24.8 Å². The highest BCUT2D eigenvalue weighted by Crippen LogP contribution is 2.31. The summed E-state index contributed by atoms with van der Waals surface area (Å²) < 4.78 is 19.5. The SMILES string of the molecule is CN1CCCC(Cc2ccc(OC3CCC(=O)NC3=O)cc2)C1.CPN1CCOc2cc(OC3CCC(=O)NC3=O)ccc2C1. The van der Waals surface area contributed by atoms with E-state index < -0.39 is 12.2 Å². The van der Waals surface area contributed by atoms with Gasteiger partial charge in [0.25, 0.3) is 11.8 Å². The smallest absolute Gasteiger partial charge is 0.267 e. The predicted octanol–water partition coefficient (Wildman–Crippen LogP) is 3.04. The van der Waals surface area contributed by atoms with Gasteiger partial charge in [-0.2, -0.15) is 0 Å². The first kappa shape index (κ1) is 32.9. The van der Waals surface area contributed by atoms with Crippen LogP contribution in [0.2, 0.25) is 0 Å². The van der Waals surface area contributed by atoms with Crippen LogP contribution in [0, 0.1) is 5.92 Å². The van der Waals surface area contributed by atoms with E-state index in [0.717, 1.165) is 52.0 Å². The number of fused-ring (bicyclic) bond motifs is 1. The Morgan fingerprint density at radius 1 is 0.867 bits per heavy atom. The molecule has 45 heavy (non-hydrogen) atoms. The van der Waals surface area contributed by atoms with Crippen LogP contribution >= 0.6 is 8.73 Å². The minimum Gasteiger partial charge on any atom is -0.492 e. The van der Waals surface area contributed by atoms with E-state index in [9.17, 15) is 19.2 Å². The molecule has 2 N–H and O–H groups in total. The largest absolute Gasteiger partial charge is 0.492 e. The molecular weight excluding hydrogens is 595 g/mol. The van der Waals surface area contributed by atoms with Crippen molar-refractivity contribution in [3.63, 3.8) is 0 Å². The van der Waals surface area contributed by atoms with Crippen LogP contribution in [-0.2, 0) is 32.1 Å². The van der Waals surface area contributed by atoms with E-state index in [2.05, 4.69) is 46.0 Å². The molecule has 4 atom stereocenters. The van der Waals surface area contributed by atoms with E-state index in [0.29, 0.717) is 43.8 Å². The molecule has 4 amide bonds. The maximum Gasteiger partial charge on any atom is 0.267 e. The number of nitrogens with one attached hydrogen (secondary N) is 2. The summed E-state index contributed by atoms with van der Waals surface area (Å²) in [7, 11) is 2.93. The first-order valence-electron chi connectivity index (χ1n) is 15.7. The molecule has 6 rings (SSSR count). The standard InChI is InChI=1S/C18H24N2O3.C15H19N2O4P/c1-20-10-2-3-14(12-20)11-13-4-6-15(7-5-13)23-16-8-9-17(21)19-18(16)22;1-22-17-6-7-20-13-8-11(3-2-10(13)9-17)21-12-4-5-14(18)16-15(12)19/h4-7,14,16H,2-3,8-12H2,1H3,(H,19,21,22);2-3,8,12,22H,4-7,9H2,1H3,(H,16,18,19). The van der Waals surface area contributed by atoms with Gasteiger partial charge in [-0.15, -0.1) is 0 Å². The summed E-state index contributed by atoms with van der Waals surface area (Å²) in [6.45, 7) is 6.95. The number of carbonyl (C=O) groups is 4. The minimum absolute atomic E-state index is 0.220. The summed E-state index contributed by atoms with van der Waals surface area (Å²) >= 11 is 0. The van der Waals surface area contributed by atoms with Gasteiger partial charge in [-0.1, -0.05) is 26.9 Å². The molecule has 4 aliphatic rings. The van der Waals surface area contributed by atoms with E-state index in [1.54, 1.807) is 0 Å². The zero-order valence-corrected chi connectivity index (χ0v) is 27.0. The quantitative estimate of drug-likeness (QED) is 0.348. The van der Waals surface area contributed by atoms with E-state index in [-0.39, 0.29) is 23.6 Å². The van der Waals surface area contributed by atoms with Crippen molar-refractivity contribution < 1.29 is 33.4 Å². The third kappa shape index (κ3) is 9.48. The first-order chi connectivity index (χ1) is 21.7. The van der Waals surface area contributed by atoms with Crippen molar-refractivity contribution in [3.8, 4) is 17.2 Å². The molecule has 11 nitrogen and oxygen atoms in total. The van der Waals surface area contributed by atoms with Crippen LogP contribution in [0.1, 0.15) is 49.7 Å². The number of likely N-dealkylation sites (tertiary alicyclic amines) is 1. The fourth-order valence-electron chi connectivity index (χ4n) is 5.99. The Balaban J connectivity index is 0.000000178. The third-order valence-corrected chi connectivity index (χ3v) is 9.45. The van der Waals surface area contributed by atoms with Crippen LogP contribution in [0.15, 0.2) is 42.5 Å². The highest BCUT2D eigenvalue weighted by atomic mass is 31.1. The average Bonchev–Trinajstić information content (AvgIpc) is 3.23. The molecule has 2 aromatic carbocycles. The topological polar surface area (TPSA) is 127 Å². The number of benzene rings is 2. The molecule has 3 fully saturated rings. The zero-order valence-electron chi connectivity index (χ0n) is 26.0. The second-order valence-corrected chi connectivity index (χ2v) is 13.1. The summed E-state index contributed by atoms with van der Waals surface area (Å²) in [5.41, 5.74) is 2.43. The molecule has 0 aromatic heterocycles. The second-order valence-electron chi connectivity index (χ2n) is 12.0. The van der Waals surface area contributed by atoms with Crippen LogP contribution in [0.25, 0.3) is 0 Å². The predicted molar refractivity (Wildman–Crippen MR) is 171 cm³/mol. The van der Waals surface area contributed by atoms with Gasteiger partial charge in [-0.3, -0.25) is 34.5 Å². The van der Waals surface area contributed by atoms with Crippen LogP contribution in [0.4, 0.5) is 0 Å². The van der Waals surface area contributed by atoms with Crippen molar-refractivity contribution in [2.45, 2.75) is 63.7 Å². The second kappa shape index (κ2) is 15.7. The number of imide groups is 2. The summed E-state index contributed by atoms with van der Waals surface area (Å²) in [4.78, 5) is 48.1. The molecule has 2 aromatic rings. The summed E-state index contributed by atoms with van der Waals surface area (Å²) in [5, 5.41) is 4.61. The first-order valence-corrected chi connectivity index (χ1v) is 17.2. The van der Waals surface area contributed by atoms with Crippen molar-refractivity contribution in [1.29, 1.82) is 0 Å². The lowest BCUT2D eigenvalue weighted by Crippen LogP contribution is -2.46. The Morgan fingerprint density at radius 3 is 2.13 bits per heavy atom. The summed E-state index contributed by atoms with van der Waals surface area (Å²) in [6.07, 6.45) is 3.97. The Morgan fingerprint density at radius 2 is 1.51 bits per heavy atom. The number of nitrogens with zero attached hydrogens (tertiary/aromatic N) is 2. The van der Waals surface area contributed by atoms with Gasteiger partial charge in [0.15, 0.2) is 12.2 Å². The highest BCUT2D eigenvalue weighted by molar-refractivity contribution is 7.34. The van der Waals surface area contributed by atoms with Gasteiger partial charge in [0.2, 0.25) is 11.8 Å². The van der Waals surface area contributed by atoms with E-state index in [1.807, 2.05) is 30.3 Å². The molecular formula is C33H43N4O7P. The van der Waals surface area contributed by atoms with Crippen molar-refractivity contribution >= 4 is 32.4 Å². The average molecular weight is 639 g/mol.